The van der Waals surface area contributed by atoms with Gasteiger partial charge in [-0.1, -0.05) is 0 Å². The molecule has 0 spiro atoms. The van der Waals surface area contributed by atoms with Gasteiger partial charge in [-0.25, -0.2) is 14.4 Å². The van der Waals surface area contributed by atoms with Gasteiger partial charge in [-0.3, -0.25) is 0 Å². The van der Waals surface area contributed by atoms with Crippen LogP contribution in [0.3, 0.4) is 0 Å². The summed E-state index contributed by atoms with van der Waals surface area (Å²) in [5.74, 6) is 0.234. The molecule has 2 aromatic rings. The number of halogens is 1. The largest absolute Gasteiger partial charge is 0.393 e. The first-order chi connectivity index (χ1) is 9.20. The van der Waals surface area contributed by atoms with Crippen molar-refractivity contribution in [1.82, 2.24) is 9.97 Å². The number of nitrogens with zero attached hydrogens (tertiary/aromatic N) is 2. The highest BCUT2D eigenvalue weighted by atomic mass is 19.1. The minimum Gasteiger partial charge on any atom is -0.393 e. The zero-order valence-corrected chi connectivity index (χ0v) is 10.5. The Balaban J connectivity index is 1.77. The summed E-state index contributed by atoms with van der Waals surface area (Å²) in [4.78, 5) is 8.57. The van der Waals surface area contributed by atoms with Crippen molar-refractivity contribution in [3.63, 3.8) is 0 Å². The zero-order chi connectivity index (χ0) is 13.2. The van der Waals surface area contributed by atoms with Gasteiger partial charge in [0.15, 0.2) is 0 Å². The summed E-state index contributed by atoms with van der Waals surface area (Å²) in [7, 11) is 0. The molecule has 0 amide bonds. The van der Waals surface area contributed by atoms with Crippen LogP contribution in [0, 0.1) is 5.82 Å². The van der Waals surface area contributed by atoms with Gasteiger partial charge in [0, 0.05) is 23.7 Å². The van der Waals surface area contributed by atoms with E-state index < -0.39 is 0 Å². The Morgan fingerprint density at radius 1 is 1.21 bits per heavy atom. The van der Waals surface area contributed by atoms with E-state index in [9.17, 15) is 9.50 Å². The van der Waals surface area contributed by atoms with E-state index in [2.05, 4.69) is 15.3 Å². The van der Waals surface area contributed by atoms with E-state index in [1.807, 2.05) is 0 Å². The Kier molecular flexibility index (Phi) is 3.29. The lowest BCUT2D eigenvalue weighted by molar-refractivity contribution is 0.126. The van der Waals surface area contributed by atoms with Crippen molar-refractivity contribution in [3.8, 4) is 0 Å². The van der Waals surface area contributed by atoms with Crippen LogP contribution in [0.5, 0.6) is 0 Å². The molecular formula is C14H16FN3O. The van der Waals surface area contributed by atoms with E-state index in [-0.39, 0.29) is 18.0 Å². The number of rotatable bonds is 2. The molecule has 0 aliphatic heterocycles. The van der Waals surface area contributed by atoms with Gasteiger partial charge in [0.1, 0.15) is 5.82 Å². The van der Waals surface area contributed by atoms with E-state index >= 15 is 0 Å². The molecule has 1 fully saturated rings. The molecule has 0 atom stereocenters. The van der Waals surface area contributed by atoms with Gasteiger partial charge < -0.3 is 10.4 Å². The number of aliphatic hydroxyl groups is 1. The van der Waals surface area contributed by atoms with Crippen LogP contribution in [0.25, 0.3) is 10.9 Å². The minimum absolute atomic E-state index is 0.176. The second-order valence-electron chi connectivity index (χ2n) is 5.05. The first kappa shape index (κ1) is 12.3. The molecule has 1 saturated carbocycles. The van der Waals surface area contributed by atoms with Crippen molar-refractivity contribution in [1.29, 1.82) is 0 Å². The summed E-state index contributed by atoms with van der Waals surface area (Å²) < 4.78 is 13.2. The molecule has 0 radical (unpaired) electrons. The highest BCUT2D eigenvalue weighted by Gasteiger charge is 2.19. The normalized spacial score (nSPS) is 23.5. The van der Waals surface area contributed by atoms with Crippen molar-refractivity contribution >= 4 is 16.9 Å². The van der Waals surface area contributed by atoms with Gasteiger partial charge in [-0.05, 0) is 37.8 Å². The van der Waals surface area contributed by atoms with Crippen LogP contribution >= 0.6 is 0 Å². The van der Waals surface area contributed by atoms with E-state index in [0.717, 1.165) is 31.1 Å². The van der Waals surface area contributed by atoms with Crippen molar-refractivity contribution in [2.24, 2.45) is 0 Å². The maximum absolute atomic E-state index is 13.2. The second kappa shape index (κ2) is 5.09. The predicted octanol–water partition coefficient (Wildman–Crippen LogP) is 2.48. The van der Waals surface area contributed by atoms with Crippen LogP contribution in [-0.2, 0) is 0 Å². The van der Waals surface area contributed by atoms with E-state index in [1.165, 1.54) is 12.1 Å². The average Bonchev–Trinajstić information content (AvgIpc) is 2.41. The molecule has 0 unspecified atom stereocenters. The summed E-state index contributed by atoms with van der Waals surface area (Å²) >= 11 is 0. The van der Waals surface area contributed by atoms with Crippen molar-refractivity contribution < 1.29 is 9.50 Å². The van der Waals surface area contributed by atoms with E-state index in [4.69, 9.17) is 0 Å². The van der Waals surface area contributed by atoms with E-state index in [1.54, 1.807) is 12.3 Å². The summed E-state index contributed by atoms with van der Waals surface area (Å²) in [6, 6.07) is 4.77. The van der Waals surface area contributed by atoms with Gasteiger partial charge in [0.25, 0.3) is 0 Å². The number of hydrogen-bond acceptors (Lipinski definition) is 4. The summed E-state index contributed by atoms with van der Waals surface area (Å²) in [6.45, 7) is 0. The van der Waals surface area contributed by atoms with Gasteiger partial charge in [0.2, 0.25) is 5.95 Å². The number of hydrogen-bond donors (Lipinski definition) is 2. The Labute approximate surface area is 110 Å². The third-order valence-corrected chi connectivity index (χ3v) is 3.57. The second-order valence-corrected chi connectivity index (χ2v) is 5.05. The van der Waals surface area contributed by atoms with Crippen LogP contribution in [0.1, 0.15) is 25.7 Å². The van der Waals surface area contributed by atoms with Crippen molar-refractivity contribution in [2.45, 2.75) is 37.8 Å². The topological polar surface area (TPSA) is 58.0 Å². The minimum atomic E-state index is -0.294. The fourth-order valence-corrected chi connectivity index (χ4v) is 2.47. The Morgan fingerprint density at radius 3 is 2.79 bits per heavy atom. The molecule has 4 nitrogen and oxygen atoms in total. The van der Waals surface area contributed by atoms with Gasteiger partial charge in [-0.15, -0.1) is 0 Å². The molecule has 1 heterocycles. The van der Waals surface area contributed by atoms with Crippen LogP contribution in [0.4, 0.5) is 10.3 Å². The SMILES string of the molecule is OC1CCC(Nc2ncc3ccc(F)cc3n2)CC1. The number of aliphatic hydroxyl groups excluding tert-OH is 1. The third kappa shape index (κ3) is 2.81. The maximum atomic E-state index is 13.2. The molecule has 1 aliphatic carbocycles. The Bertz CT molecular complexity index is 582. The van der Waals surface area contributed by atoms with Crippen LogP contribution < -0.4 is 5.32 Å². The van der Waals surface area contributed by atoms with Gasteiger partial charge >= 0.3 is 0 Å². The number of fused-ring (bicyclic) bond motifs is 1. The van der Waals surface area contributed by atoms with Gasteiger partial charge in [0.05, 0.1) is 11.6 Å². The monoisotopic (exact) mass is 261 g/mol. The lowest BCUT2D eigenvalue weighted by Gasteiger charge is -2.26. The molecule has 2 N–H and O–H groups in total. The molecule has 5 heteroatoms. The Morgan fingerprint density at radius 2 is 2.00 bits per heavy atom. The molecular weight excluding hydrogens is 245 g/mol. The number of benzene rings is 1. The molecule has 1 aromatic heterocycles. The fraction of sp³-hybridized carbons (Fsp3) is 0.429. The van der Waals surface area contributed by atoms with E-state index in [0.29, 0.717) is 11.5 Å². The molecule has 3 rings (SSSR count). The van der Waals surface area contributed by atoms with Crippen molar-refractivity contribution in [2.75, 3.05) is 5.32 Å². The smallest absolute Gasteiger partial charge is 0.223 e. The highest BCUT2D eigenvalue weighted by molar-refractivity contribution is 5.78. The first-order valence-corrected chi connectivity index (χ1v) is 6.57. The summed E-state index contributed by atoms with van der Waals surface area (Å²) in [6.07, 6.45) is 4.95. The number of aromatic nitrogens is 2. The maximum Gasteiger partial charge on any atom is 0.223 e. The first-order valence-electron chi connectivity index (χ1n) is 6.57. The quantitative estimate of drug-likeness (QED) is 0.872. The predicted molar refractivity (Wildman–Crippen MR) is 71.4 cm³/mol. The zero-order valence-electron chi connectivity index (χ0n) is 10.5. The molecule has 100 valence electrons. The van der Waals surface area contributed by atoms with Crippen LogP contribution in [-0.4, -0.2) is 27.2 Å². The average molecular weight is 261 g/mol. The lowest BCUT2D eigenvalue weighted by Crippen LogP contribution is -2.28. The Hall–Kier alpha value is -1.75. The number of anilines is 1. The molecule has 1 aromatic carbocycles. The highest BCUT2D eigenvalue weighted by Crippen LogP contribution is 2.21. The summed E-state index contributed by atoms with van der Waals surface area (Å²) in [5.41, 5.74) is 0.605. The molecule has 19 heavy (non-hydrogen) atoms. The standard InChI is InChI=1S/C14H16FN3O/c15-10-2-1-9-8-16-14(18-13(9)7-10)17-11-3-5-12(19)6-4-11/h1-2,7-8,11-12,19H,3-6H2,(H,16,17,18). The third-order valence-electron chi connectivity index (χ3n) is 3.57. The van der Waals surface area contributed by atoms with Crippen LogP contribution in [0.2, 0.25) is 0 Å². The fourth-order valence-electron chi connectivity index (χ4n) is 2.47. The summed E-state index contributed by atoms with van der Waals surface area (Å²) in [5, 5.41) is 13.5. The van der Waals surface area contributed by atoms with Crippen molar-refractivity contribution in [3.05, 3.63) is 30.2 Å². The number of nitrogens with one attached hydrogen (secondary N) is 1. The molecule has 0 bridgehead atoms. The molecule has 0 saturated heterocycles. The van der Waals surface area contributed by atoms with Gasteiger partial charge in [-0.2, -0.15) is 0 Å². The lowest BCUT2D eigenvalue weighted by atomic mass is 9.93. The molecule has 1 aliphatic rings. The van der Waals surface area contributed by atoms with Crippen LogP contribution in [0.15, 0.2) is 24.4 Å².